The number of nitrogens with two attached hydrogens (primary N) is 2. The number of hydrogen-bond donors (Lipinski definition) is 2. The largest absolute Gasteiger partial charge is 0.368 e. The molecule has 4 N–H and O–H groups in total. The molecule has 0 amide bonds. The molecule has 0 aliphatic heterocycles. The first-order valence-electron chi connectivity index (χ1n) is 4.66. The Morgan fingerprint density at radius 1 is 1.07 bits per heavy atom. The van der Waals surface area contributed by atoms with Crippen molar-refractivity contribution in [3.05, 3.63) is 42.2 Å². The highest BCUT2D eigenvalue weighted by atomic mass is 15.0. The van der Waals surface area contributed by atoms with Gasteiger partial charge in [0.2, 0.25) is 5.95 Å². The fraction of sp³-hybridized carbons (Fsp3) is 0.0909. The zero-order valence-corrected chi connectivity index (χ0v) is 8.22. The van der Waals surface area contributed by atoms with Crippen LogP contribution in [0.5, 0.6) is 0 Å². The normalized spacial score (nSPS) is 10.2. The van der Waals surface area contributed by atoms with Crippen molar-refractivity contribution in [3.63, 3.8) is 0 Å². The van der Waals surface area contributed by atoms with Crippen LogP contribution in [0.1, 0.15) is 5.56 Å². The van der Waals surface area contributed by atoms with Crippen LogP contribution < -0.4 is 11.5 Å². The maximum atomic E-state index is 5.57. The molecule has 2 aromatic rings. The van der Waals surface area contributed by atoms with E-state index in [1.807, 2.05) is 24.3 Å². The SMILES string of the molecule is NCc1cccc(-c2cnc(N)nc2)c1. The molecule has 0 aliphatic rings. The second-order valence-electron chi connectivity index (χ2n) is 3.23. The summed E-state index contributed by atoms with van der Waals surface area (Å²) in [5.41, 5.74) is 14.1. The molecule has 0 atom stereocenters. The van der Waals surface area contributed by atoms with E-state index in [2.05, 4.69) is 9.97 Å². The van der Waals surface area contributed by atoms with Gasteiger partial charge in [-0.15, -0.1) is 0 Å². The third-order valence-electron chi connectivity index (χ3n) is 2.17. The van der Waals surface area contributed by atoms with Gasteiger partial charge in [-0.3, -0.25) is 0 Å². The standard InChI is InChI=1S/C11H12N4/c12-5-8-2-1-3-9(4-8)10-6-14-11(13)15-7-10/h1-4,6-7H,5,12H2,(H2,13,14,15). The van der Waals surface area contributed by atoms with Crippen LogP contribution in [0, 0.1) is 0 Å². The monoisotopic (exact) mass is 200 g/mol. The Kier molecular flexibility index (Phi) is 2.60. The second-order valence-corrected chi connectivity index (χ2v) is 3.23. The molecule has 0 unspecified atom stereocenters. The van der Waals surface area contributed by atoms with Crippen LogP contribution in [-0.2, 0) is 6.54 Å². The maximum Gasteiger partial charge on any atom is 0.219 e. The molecule has 1 heterocycles. The predicted octanol–water partition coefficient (Wildman–Crippen LogP) is 1.18. The van der Waals surface area contributed by atoms with Crippen molar-refractivity contribution >= 4 is 5.95 Å². The Bertz CT molecular complexity index is 450. The van der Waals surface area contributed by atoms with Gasteiger partial charge in [-0.05, 0) is 17.2 Å². The molecule has 0 fully saturated rings. The molecule has 76 valence electrons. The summed E-state index contributed by atoms with van der Waals surface area (Å²) in [7, 11) is 0. The molecule has 0 saturated heterocycles. The van der Waals surface area contributed by atoms with E-state index in [9.17, 15) is 0 Å². The number of aromatic nitrogens is 2. The van der Waals surface area contributed by atoms with Crippen molar-refractivity contribution in [2.24, 2.45) is 5.73 Å². The number of benzene rings is 1. The highest BCUT2D eigenvalue weighted by Gasteiger charge is 1.99. The van der Waals surface area contributed by atoms with Crippen LogP contribution in [-0.4, -0.2) is 9.97 Å². The molecular formula is C11H12N4. The Balaban J connectivity index is 2.40. The first-order valence-corrected chi connectivity index (χ1v) is 4.66. The summed E-state index contributed by atoms with van der Waals surface area (Å²) >= 11 is 0. The van der Waals surface area contributed by atoms with Crippen molar-refractivity contribution < 1.29 is 0 Å². The molecule has 0 saturated carbocycles. The fourth-order valence-electron chi connectivity index (χ4n) is 1.36. The van der Waals surface area contributed by atoms with Gasteiger partial charge in [-0.1, -0.05) is 18.2 Å². The first-order chi connectivity index (χ1) is 7.29. The smallest absolute Gasteiger partial charge is 0.219 e. The third kappa shape index (κ3) is 2.11. The van der Waals surface area contributed by atoms with E-state index in [1.54, 1.807) is 12.4 Å². The molecule has 15 heavy (non-hydrogen) atoms. The maximum absolute atomic E-state index is 5.57. The molecular weight excluding hydrogens is 188 g/mol. The number of hydrogen-bond acceptors (Lipinski definition) is 4. The Labute approximate surface area is 88.0 Å². The van der Waals surface area contributed by atoms with Gasteiger partial charge in [-0.2, -0.15) is 0 Å². The Morgan fingerprint density at radius 2 is 1.80 bits per heavy atom. The summed E-state index contributed by atoms with van der Waals surface area (Å²) in [6.07, 6.45) is 3.41. The Hall–Kier alpha value is -1.94. The lowest BCUT2D eigenvalue weighted by Crippen LogP contribution is -1.97. The second kappa shape index (κ2) is 4.06. The van der Waals surface area contributed by atoms with Gasteiger partial charge < -0.3 is 11.5 Å². The van der Waals surface area contributed by atoms with Gasteiger partial charge in [0.1, 0.15) is 0 Å². The lowest BCUT2D eigenvalue weighted by molar-refractivity contribution is 1.07. The van der Waals surface area contributed by atoms with Gasteiger partial charge >= 0.3 is 0 Å². The minimum Gasteiger partial charge on any atom is -0.368 e. The molecule has 0 spiro atoms. The number of nitrogen functional groups attached to an aromatic ring is 1. The minimum absolute atomic E-state index is 0.286. The summed E-state index contributed by atoms with van der Waals surface area (Å²) in [4.78, 5) is 7.89. The van der Waals surface area contributed by atoms with Crippen molar-refractivity contribution in [2.75, 3.05) is 5.73 Å². The van der Waals surface area contributed by atoms with Gasteiger partial charge in [0.15, 0.2) is 0 Å². The molecule has 1 aromatic heterocycles. The van der Waals surface area contributed by atoms with Gasteiger partial charge in [0, 0.05) is 24.5 Å². The van der Waals surface area contributed by atoms with Crippen LogP contribution in [0.4, 0.5) is 5.95 Å². The third-order valence-corrected chi connectivity index (χ3v) is 2.17. The average molecular weight is 200 g/mol. The van der Waals surface area contributed by atoms with E-state index < -0.39 is 0 Å². The number of nitrogens with zero attached hydrogens (tertiary/aromatic N) is 2. The highest BCUT2D eigenvalue weighted by Crippen LogP contribution is 2.18. The van der Waals surface area contributed by atoms with Crippen molar-refractivity contribution in [2.45, 2.75) is 6.54 Å². The first kappa shape index (κ1) is 9.61. The van der Waals surface area contributed by atoms with E-state index in [0.29, 0.717) is 6.54 Å². The zero-order valence-electron chi connectivity index (χ0n) is 8.22. The topological polar surface area (TPSA) is 77.8 Å². The fourth-order valence-corrected chi connectivity index (χ4v) is 1.36. The summed E-state index contributed by atoms with van der Waals surface area (Å²) in [5.74, 6) is 0.286. The van der Waals surface area contributed by atoms with E-state index >= 15 is 0 Å². The van der Waals surface area contributed by atoms with Crippen LogP contribution in [0.25, 0.3) is 11.1 Å². The van der Waals surface area contributed by atoms with Gasteiger partial charge in [0.25, 0.3) is 0 Å². The minimum atomic E-state index is 0.286. The lowest BCUT2D eigenvalue weighted by Gasteiger charge is -2.03. The van der Waals surface area contributed by atoms with Crippen molar-refractivity contribution in [1.29, 1.82) is 0 Å². The quantitative estimate of drug-likeness (QED) is 0.763. The van der Waals surface area contributed by atoms with Crippen LogP contribution in [0.15, 0.2) is 36.7 Å². The van der Waals surface area contributed by atoms with Crippen LogP contribution >= 0.6 is 0 Å². The van der Waals surface area contributed by atoms with E-state index in [0.717, 1.165) is 16.7 Å². The van der Waals surface area contributed by atoms with E-state index in [1.165, 1.54) is 0 Å². The molecule has 0 radical (unpaired) electrons. The molecule has 2 rings (SSSR count). The van der Waals surface area contributed by atoms with Crippen molar-refractivity contribution in [3.8, 4) is 11.1 Å². The number of anilines is 1. The molecule has 4 nitrogen and oxygen atoms in total. The van der Waals surface area contributed by atoms with E-state index in [-0.39, 0.29) is 5.95 Å². The van der Waals surface area contributed by atoms with E-state index in [4.69, 9.17) is 11.5 Å². The van der Waals surface area contributed by atoms with Gasteiger partial charge in [-0.25, -0.2) is 9.97 Å². The summed E-state index contributed by atoms with van der Waals surface area (Å²) < 4.78 is 0. The number of rotatable bonds is 2. The highest BCUT2D eigenvalue weighted by molar-refractivity contribution is 5.62. The lowest BCUT2D eigenvalue weighted by atomic mass is 10.1. The average Bonchev–Trinajstić information content (AvgIpc) is 2.30. The molecule has 0 aliphatic carbocycles. The van der Waals surface area contributed by atoms with Crippen LogP contribution in [0.2, 0.25) is 0 Å². The summed E-state index contributed by atoms with van der Waals surface area (Å²) in [6, 6.07) is 7.97. The molecule has 1 aromatic carbocycles. The summed E-state index contributed by atoms with van der Waals surface area (Å²) in [6.45, 7) is 0.531. The molecule has 0 bridgehead atoms. The molecule has 4 heteroatoms. The Morgan fingerprint density at radius 3 is 2.47 bits per heavy atom. The summed E-state index contributed by atoms with van der Waals surface area (Å²) in [5, 5.41) is 0. The van der Waals surface area contributed by atoms with Gasteiger partial charge in [0.05, 0.1) is 0 Å². The van der Waals surface area contributed by atoms with Crippen molar-refractivity contribution in [1.82, 2.24) is 9.97 Å². The predicted molar refractivity (Wildman–Crippen MR) is 59.8 cm³/mol. The zero-order chi connectivity index (χ0) is 10.7. The van der Waals surface area contributed by atoms with Crippen LogP contribution in [0.3, 0.4) is 0 Å².